The zero-order valence-corrected chi connectivity index (χ0v) is 19.4. The van der Waals surface area contributed by atoms with E-state index in [1.54, 1.807) is 19.5 Å². The number of rotatable bonds is 7. The fourth-order valence-corrected chi connectivity index (χ4v) is 4.63. The molecule has 1 aliphatic rings. The smallest absolute Gasteiger partial charge is 0.228 e. The summed E-state index contributed by atoms with van der Waals surface area (Å²) < 4.78 is 7.59. The van der Waals surface area contributed by atoms with Gasteiger partial charge in [0, 0.05) is 31.2 Å². The second kappa shape index (κ2) is 10.1. The van der Waals surface area contributed by atoms with Crippen LogP contribution in [-0.2, 0) is 17.9 Å². The highest BCUT2D eigenvalue weighted by Crippen LogP contribution is 2.24. The van der Waals surface area contributed by atoms with Crippen molar-refractivity contribution in [3.8, 4) is 5.75 Å². The molecule has 0 unspecified atom stereocenters. The molecule has 3 heterocycles. The molecule has 7 heteroatoms. The molecule has 0 saturated carbocycles. The van der Waals surface area contributed by atoms with E-state index in [9.17, 15) is 4.79 Å². The third kappa shape index (κ3) is 4.94. The number of piperidine rings is 1. The molecular formula is C27H29N5O2. The lowest BCUT2D eigenvalue weighted by molar-refractivity contribution is -0.121. The molecule has 2 aromatic carbocycles. The van der Waals surface area contributed by atoms with E-state index in [4.69, 9.17) is 9.72 Å². The molecule has 0 spiro atoms. The second-order valence-corrected chi connectivity index (χ2v) is 8.75. The van der Waals surface area contributed by atoms with Crippen molar-refractivity contribution in [2.24, 2.45) is 5.92 Å². The zero-order chi connectivity index (χ0) is 23.3. The van der Waals surface area contributed by atoms with Crippen LogP contribution in [0.5, 0.6) is 5.75 Å². The van der Waals surface area contributed by atoms with Crippen molar-refractivity contribution in [2.75, 3.05) is 25.5 Å². The van der Waals surface area contributed by atoms with E-state index in [0.717, 1.165) is 60.8 Å². The van der Waals surface area contributed by atoms with Gasteiger partial charge in [-0.1, -0.05) is 24.3 Å². The van der Waals surface area contributed by atoms with E-state index < -0.39 is 0 Å². The van der Waals surface area contributed by atoms with Crippen molar-refractivity contribution in [1.29, 1.82) is 0 Å². The van der Waals surface area contributed by atoms with Crippen LogP contribution in [0.25, 0.3) is 11.0 Å². The summed E-state index contributed by atoms with van der Waals surface area (Å²) >= 11 is 0. The van der Waals surface area contributed by atoms with Gasteiger partial charge >= 0.3 is 0 Å². The summed E-state index contributed by atoms with van der Waals surface area (Å²) in [5.74, 6) is 1.90. The van der Waals surface area contributed by atoms with E-state index >= 15 is 0 Å². The van der Waals surface area contributed by atoms with Crippen LogP contribution >= 0.6 is 0 Å². The molecule has 2 aromatic heterocycles. The van der Waals surface area contributed by atoms with E-state index in [1.807, 2.05) is 30.3 Å². The summed E-state index contributed by atoms with van der Waals surface area (Å²) in [4.78, 5) is 24.2. The number of likely N-dealkylation sites (tertiary alicyclic amines) is 1. The lowest BCUT2D eigenvalue weighted by atomic mass is 9.97. The van der Waals surface area contributed by atoms with E-state index in [-0.39, 0.29) is 11.8 Å². The average Bonchev–Trinajstić information content (AvgIpc) is 3.22. The van der Waals surface area contributed by atoms with Gasteiger partial charge in [-0.2, -0.15) is 0 Å². The van der Waals surface area contributed by atoms with Crippen molar-refractivity contribution < 1.29 is 9.53 Å². The van der Waals surface area contributed by atoms with Gasteiger partial charge in [-0.05, 0) is 61.3 Å². The van der Waals surface area contributed by atoms with Gasteiger partial charge in [0.15, 0.2) is 0 Å². The minimum Gasteiger partial charge on any atom is -0.497 e. The number of benzene rings is 2. The average molecular weight is 456 g/mol. The van der Waals surface area contributed by atoms with Crippen LogP contribution in [0.1, 0.15) is 24.2 Å². The Kier molecular flexibility index (Phi) is 6.53. The van der Waals surface area contributed by atoms with Crippen molar-refractivity contribution in [2.45, 2.75) is 25.9 Å². The first-order valence-corrected chi connectivity index (χ1v) is 11.7. The standard InChI is InChI=1S/C27H29N5O2/c1-34-23-10-8-20(9-11-23)17-32-25-7-3-2-6-24(25)30-26(32)19-31-16-4-5-21(18-31)27(33)29-22-12-14-28-15-13-22/h2-3,6-15,21H,4-5,16-19H2,1H3,(H,28,29,33)/t21-/m0/s1. The van der Waals surface area contributed by atoms with Gasteiger partial charge in [-0.15, -0.1) is 0 Å². The van der Waals surface area contributed by atoms with E-state index in [1.165, 1.54) is 5.56 Å². The molecule has 1 amide bonds. The summed E-state index contributed by atoms with van der Waals surface area (Å²) in [6, 6.07) is 20.1. The number of fused-ring (bicyclic) bond motifs is 1. The summed E-state index contributed by atoms with van der Waals surface area (Å²) in [6.07, 6.45) is 5.27. The van der Waals surface area contributed by atoms with Crippen LogP contribution in [0.15, 0.2) is 73.1 Å². The normalized spacial score (nSPS) is 16.4. The lowest BCUT2D eigenvalue weighted by Crippen LogP contribution is -2.40. The molecule has 1 atom stereocenters. The summed E-state index contributed by atoms with van der Waals surface area (Å²) in [6.45, 7) is 3.14. The van der Waals surface area contributed by atoms with Crippen LogP contribution in [0.3, 0.4) is 0 Å². The van der Waals surface area contributed by atoms with Gasteiger partial charge in [-0.25, -0.2) is 4.98 Å². The van der Waals surface area contributed by atoms with Gasteiger partial charge in [-0.3, -0.25) is 14.7 Å². The summed E-state index contributed by atoms with van der Waals surface area (Å²) in [5.41, 5.74) is 4.10. The Morgan fingerprint density at radius 1 is 1.06 bits per heavy atom. The Labute approximate surface area is 199 Å². The van der Waals surface area contributed by atoms with Gasteiger partial charge < -0.3 is 14.6 Å². The van der Waals surface area contributed by atoms with E-state index in [2.05, 4.69) is 50.1 Å². The zero-order valence-electron chi connectivity index (χ0n) is 19.4. The Morgan fingerprint density at radius 2 is 1.85 bits per heavy atom. The number of aromatic nitrogens is 3. The third-order valence-corrected chi connectivity index (χ3v) is 6.42. The van der Waals surface area contributed by atoms with Gasteiger partial charge in [0.25, 0.3) is 0 Å². The predicted molar refractivity (Wildman–Crippen MR) is 133 cm³/mol. The second-order valence-electron chi connectivity index (χ2n) is 8.75. The quantitative estimate of drug-likeness (QED) is 0.449. The van der Waals surface area contributed by atoms with Crippen molar-refractivity contribution >= 4 is 22.6 Å². The fourth-order valence-electron chi connectivity index (χ4n) is 4.63. The Bertz CT molecular complexity index is 1250. The number of ether oxygens (including phenoxy) is 1. The predicted octanol–water partition coefficient (Wildman–Crippen LogP) is 4.34. The molecule has 0 radical (unpaired) electrons. The number of nitrogens with zero attached hydrogens (tertiary/aromatic N) is 4. The molecule has 1 saturated heterocycles. The largest absolute Gasteiger partial charge is 0.497 e. The fraction of sp³-hybridized carbons (Fsp3) is 0.296. The van der Waals surface area contributed by atoms with E-state index in [0.29, 0.717) is 6.54 Å². The number of carbonyl (C=O) groups excluding carboxylic acids is 1. The molecule has 1 N–H and O–H groups in total. The highest BCUT2D eigenvalue weighted by molar-refractivity contribution is 5.92. The number of nitrogens with one attached hydrogen (secondary N) is 1. The lowest BCUT2D eigenvalue weighted by Gasteiger charge is -2.31. The molecule has 0 bridgehead atoms. The van der Waals surface area contributed by atoms with Crippen molar-refractivity contribution in [3.05, 3.63) is 84.4 Å². The maximum absolute atomic E-state index is 12.9. The van der Waals surface area contributed by atoms with Crippen LogP contribution < -0.4 is 10.1 Å². The monoisotopic (exact) mass is 455 g/mol. The maximum Gasteiger partial charge on any atom is 0.228 e. The Morgan fingerprint density at radius 3 is 2.65 bits per heavy atom. The summed E-state index contributed by atoms with van der Waals surface area (Å²) in [5, 5.41) is 3.03. The Hall–Kier alpha value is -3.71. The number of hydrogen-bond donors (Lipinski definition) is 1. The molecular weight excluding hydrogens is 426 g/mol. The number of pyridine rings is 1. The first kappa shape index (κ1) is 22.1. The highest BCUT2D eigenvalue weighted by Gasteiger charge is 2.27. The molecule has 7 nitrogen and oxygen atoms in total. The van der Waals surface area contributed by atoms with Crippen LogP contribution in [0.4, 0.5) is 5.69 Å². The topological polar surface area (TPSA) is 72.3 Å². The molecule has 0 aliphatic carbocycles. The maximum atomic E-state index is 12.9. The minimum atomic E-state index is -0.0404. The molecule has 5 rings (SSSR count). The number of imidazole rings is 1. The van der Waals surface area contributed by atoms with Crippen molar-refractivity contribution in [3.63, 3.8) is 0 Å². The number of methoxy groups -OCH3 is 1. The van der Waals surface area contributed by atoms with Crippen LogP contribution in [0, 0.1) is 5.92 Å². The molecule has 4 aromatic rings. The van der Waals surface area contributed by atoms with Gasteiger partial charge in [0.05, 0.1) is 30.6 Å². The number of hydrogen-bond acceptors (Lipinski definition) is 5. The minimum absolute atomic E-state index is 0.0404. The Balaban J connectivity index is 1.33. The highest BCUT2D eigenvalue weighted by atomic mass is 16.5. The molecule has 174 valence electrons. The molecule has 1 aliphatic heterocycles. The van der Waals surface area contributed by atoms with Gasteiger partial charge in [0.2, 0.25) is 5.91 Å². The number of amides is 1. The number of para-hydroxylation sites is 2. The van der Waals surface area contributed by atoms with Crippen LogP contribution in [-0.4, -0.2) is 45.5 Å². The van der Waals surface area contributed by atoms with Gasteiger partial charge in [0.1, 0.15) is 11.6 Å². The summed E-state index contributed by atoms with van der Waals surface area (Å²) in [7, 11) is 1.68. The third-order valence-electron chi connectivity index (χ3n) is 6.42. The van der Waals surface area contributed by atoms with Crippen LogP contribution in [0.2, 0.25) is 0 Å². The molecule has 34 heavy (non-hydrogen) atoms. The first-order valence-electron chi connectivity index (χ1n) is 11.7. The van der Waals surface area contributed by atoms with Crippen molar-refractivity contribution in [1.82, 2.24) is 19.4 Å². The number of carbonyl (C=O) groups is 1. The molecule has 1 fully saturated rings. The first-order chi connectivity index (χ1) is 16.7. The number of anilines is 1. The SMILES string of the molecule is COc1ccc(Cn2c(CN3CCC[C@H](C(=O)Nc4ccncc4)C3)nc3ccccc32)cc1.